The summed E-state index contributed by atoms with van der Waals surface area (Å²) in [5.74, 6) is 1.56. The largest absolute Gasteiger partial charge is 0.495 e. The van der Waals surface area contributed by atoms with Gasteiger partial charge in [0.1, 0.15) is 11.5 Å². The lowest BCUT2D eigenvalue weighted by Crippen LogP contribution is -2.36. The highest BCUT2D eigenvalue weighted by Crippen LogP contribution is 2.22. The van der Waals surface area contributed by atoms with Gasteiger partial charge in [0.15, 0.2) is 0 Å². The summed E-state index contributed by atoms with van der Waals surface area (Å²) in [6, 6.07) is 10.9. The SMILES string of the molecule is COc1ccccc1NC(=O)N[C@H](C)CCc1ccco1. The first-order chi connectivity index (χ1) is 10.2. The van der Waals surface area contributed by atoms with Crippen LogP contribution >= 0.6 is 0 Å². The molecular weight excluding hydrogens is 268 g/mol. The number of furan rings is 1. The van der Waals surface area contributed by atoms with E-state index in [9.17, 15) is 4.79 Å². The van der Waals surface area contributed by atoms with E-state index in [-0.39, 0.29) is 12.1 Å². The molecule has 5 nitrogen and oxygen atoms in total. The molecule has 0 saturated heterocycles. The molecule has 0 aliphatic rings. The summed E-state index contributed by atoms with van der Waals surface area (Å²) in [5.41, 5.74) is 0.649. The summed E-state index contributed by atoms with van der Waals surface area (Å²) in [5, 5.41) is 5.68. The highest BCUT2D eigenvalue weighted by molar-refractivity contribution is 5.91. The first-order valence-electron chi connectivity index (χ1n) is 6.92. The van der Waals surface area contributed by atoms with Crippen molar-refractivity contribution in [2.24, 2.45) is 0 Å². The van der Waals surface area contributed by atoms with Crippen LogP contribution in [0, 0.1) is 0 Å². The quantitative estimate of drug-likeness (QED) is 0.856. The summed E-state index contributed by atoms with van der Waals surface area (Å²) < 4.78 is 10.5. The van der Waals surface area contributed by atoms with Gasteiger partial charge in [-0.15, -0.1) is 0 Å². The normalized spacial score (nSPS) is 11.7. The monoisotopic (exact) mass is 288 g/mol. The van der Waals surface area contributed by atoms with Gasteiger partial charge in [-0.3, -0.25) is 0 Å². The van der Waals surface area contributed by atoms with E-state index < -0.39 is 0 Å². The van der Waals surface area contributed by atoms with Crippen molar-refractivity contribution in [3.63, 3.8) is 0 Å². The van der Waals surface area contributed by atoms with E-state index in [2.05, 4.69) is 10.6 Å². The van der Waals surface area contributed by atoms with Gasteiger partial charge in [-0.05, 0) is 37.6 Å². The molecule has 2 amide bonds. The van der Waals surface area contributed by atoms with Gasteiger partial charge < -0.3 is 19.8 Å². The van der Waals surface area contributed by atoms with Crippen LogP contribution in [-0.4, -0.2) is 19.2 Å². The van der Waals surface area contributed by atoms with E-state index in [0.29, 0.717) is 11.4 Å². The number of hydrogen-bond donors (Lipinski definition) is 2. The molecule has 1 heterocycles. The number of carbonyl (C=O) groups is 1. The van der Waals surface area contributed by atoms with E-state index in [1.54, 1.807) is 25.5 Å². The molecule has 0 aliphatic heterocycles. The number of carbonyl (C=O) groups excluding carboxylic acids is 1. The van der Waals surface area contributed by atoms with Crippen molar-refractivity contribution >= 4 is 11.7 Å². The number of urea groups is 1. The molecule has 21 heavy (non-hydrogen) atoms. The Bertz CT molecular complexity index is 567. The minimum Gasteiger partial charge on any atom is -0.495 e. The van der Waals surface area contributed by atoms with E-state index in [0.717, 1.165) is 18.6 Å². The van der Waals surface area contributed by atoms with Crippen LogP contribution in [0.3, 0.4) is 0 Å². The summed E-state index contributed by atoms with van der Waals surface area (Å²) in [4.78, 5) is 12.0. The van der Waals surface area contributed by atoms with Crippen LogP contribution in [-0.2, 0) is 6.42 Å². The number of aryl methyl sites for hydroxylation is 1. The molecule has 1 atom stereocenters. The van der Waals surface area contributed by atoms with Gasteiger partial charge in [0.05, 0.1) is 19.1 Å². The van der Waals surface area contributed by atoms with Crippen molar-refractivity contribution < 1.29 is 13.9 Å². The van der Waals surface area contributed by atoms with Gasteiger partial charge in [-0.1, -0.05) is 12.1 Å². The zero-order chi connectivity index (χ0) is 15.1. The minimum atomic E-state index is -0.244. The lowest BCUT2D eigenvalue weighted by atomic mass is 10.1. The number of para-hydroxylation sites is 2. The maximum Gasteiger partial charge on any atom is 0.319 e. The van der Waals surface area contributed by atoms with Crippen molar-refractivity contribution in [3.05, 3.63) is 48.4 Å². The van der Waals surface area contributed by atoms with Crippen LogP contribution in [0.4, 0.5) is 10.5 Å². The van der Waals surface area contributed by atoms with Crippen molar-refractivity contribution in [3.8, 4) is 5.75 Å². The smallest absolute Gasteiger partial charge is 0.319 e. The highest BCUT2D eigenvalue weighted by atomic mass is 16.5. The summed E-state index contributed by atoms with van der Waals surface area (Å²) in [7, 11) is 1.57. The third-order valence-corrected chi connectivity index (χ3v) is 3.14. The van der Waals surface area contributed by atoms with Crippen LogP contribution in [0.15, 0.2) is 47.1 Å². The maximum atomic E-state index is 12.0. The van der Waals surface area contributed by atoms with E-state index in [1.807, 2.05) is 31.2 Å². The molecule has 0 fully saturated rings. The molecule has 112 valence electrons. The van der Waals surface area contributed by atoms with E-state index in [4.69, 9.17) is 9.15 Å². The predicted octanol–water partition coefficient (Wildman–Crippen LogP) is 3.43. The number of methoxy groups -OCH3 is 1. The number of anilines is 1. The Labute approximate surface area is 124 Å². The molecule has 0 radical (unpaired) electrons. The zero-order valence-electron chi connectivity index (χ0n) is 12.3. The van der Waals surface area contributed by atoms with Crippen LogP contribution in [0.5, 0.6) is 5.75 Å². The molecular formula is C16H20N2O3. The van der Waals surface area contributed by atoms with Crippen LogP contribution < -0.4 is 15.4 Å². The number of benzene rings is 1. The topological polar surface area (TPSA) is 63.5 Å². The molecule has 0 aliphatic carbocycles. The Morgan fingerprint density at radius 3 is 2.81 bits per heavy atom. The van der Waals surface area contributed by atoms with Crippen molar-refractivity contribution in [1.29, 1.82) is 0 Å². The van der Waals surface area contributed by atoms with E-state index >= 15 is 0 Å². The van der Waals surface area contributed by atoms with Crippen molar-refractivity contribution in [2.75, 3.05) is 12.4 Å². The summed E-state index contributed by atoms with van der Waals surface area (Å²) in [6.07, 6.45) is 3.26. The Kier molecular flexibility index (Phi) is 5.26. The van der Waals surface area contributed by atoms with Crippen LogP contribution in [0.1, 0.15) is 19.1 Å². The summed E-state index contributed by atoms with van der Waals surface area (Å²) in [6.45, 7) is 1.96. The molecule has 2 rings (SSSR count). The average molecular weight is 288 g/mol. The van der Waals surface area contributed by atoms with Gasteiger partial charge in [0.2, 0.25) is 0 Å². The van der Waals surface area contributed by atoms with Gasteiger partial charge in [-0.2, -0.15) is 0 Å². The number of ether oxygens (including phenoxy) is 1. The third-order valence-electron chi connectivity index (χ3n) is 3.14. The number of nitrogens with one attached hydrogen (secondary N) is 2. The first kappa shape index (κ1) is 15.0. The lowest BCUT2D eigenvalue weighted by Gasteiger charge is -2.15. The Morgan fingerprint density at radius 2 is 2.10 bits per heavy atom. The Hall–Kier alpha value is -2.43. The zero-order valence-corrected chi connectivity index (χ0v) is 12.3. The molecule has 0 unspecified atom stereocenters. The van der Waals surface area contributed by atoms with Gasteiger partial charge >= 0.3 is 6.03 Å². The second-order valence-electron chi connectivity index (χ2n) is 4.82. The summed E-state index contributed by atoms with van der Waals surface area (Å²) >= 11 is 0. The van der Waals surface area contributed by atoms with Gasteiger partial charge in [-0.25, -0.2) is 4.79 Å². The fraction of sp³-hybridized carbons (Fsp3) is 0.312. The molecule has 1 aromatic carbocycles. The second-order valence-corrected chi connectivity index (χ2v) is 4.82. The van der Waals surface area contributed by atoms with Gasteiger partial charge in [0.25, 0.3) is 0 Å². The van der Waals surface area contributed by atoms with Crippen LogP contribution in [0.2, 0.25) is 0 Å². The Balaban J connectivity index is 1.80. The maximum absolute atomic E-state index is 12.0. The van der Waals surface area contributed by atoms with Crippen molar-refractivity contribution in [2.45, 2.75) is 25.8 Å². The number of hydrogen-bond acceptors (Lipinski definition) is 3. The standard InChI is InChI=1S/C16H20N2O3/c1-12(9-10-13-6-5-11-21-13)17-16(19)18-14-7-3-4-8-15(14)20-2/h3-8,11-12H,9-10H2,1-2H3,(H2,17,18,19)/t12-/m1/s1. The first-order valence-corrected chi connectivity index (χ1v) is 6.92. The molecule has 2 aromatic rings. The molecule has 0 saturated carbocycles. The predicted molar refractivity (Wildman–Crippen MR) is 81.6 cm³/mol. The van der Waals surface area contributed by atoms with Crippen molar-refractivity contribution in [1.82, 2.24) is 5.32 Å². The average Bonchev–Trinajstić information content (AvgIpc) is 2.99. The third kappa shape index (κ3) is 4.56. The molecule has 2 N–H and O–H groups in total. The number of rotatable bonds is 6. The second kappa shape index (κ2) is 7.38. The molecule has 1 aromatic heterocycles. The number of amides is 2. The molecule has 0 spiro atoms. The Morgan fingerprint density at radius 1 is 1.29 bits per heavy atom. The fourth-order valence-corrected chi connectivity index (χ4v) is 2.02. The lowest BCUT2D eigenvalue weighted by molar-refractivity contribution is 0.248. The fourth-order valence-electron chi connectivity index (χ4n) is 2.02. The van der Waals surface area contributed by atoms with Crippen LogP contribution in [0.25, 0.3) is 0 Å². The molecule has 0 bridgehead atoms. The van der Waals surface area contributed by atoms with Gasteiger partial charge in [0, 0.05) is 12.5 Å². The highest BCUT2D eigenvalue weighted by Gasteiger charge is 2.10. The molecule has 5 heteroatoms. The van der Waals surface area contributed by atoms with E-state index in [1.165, 1.54) is 0 Å². The minimum absolute atomic E-state index is 0.0461.